The van der Waals surface area contributed by atoms with Crippen molar-refractivity contribution in [1.29, 1.82) is 0 Å². The first-order valence-electron chi connectivity index (χ1n) is 12.8. The van der Waals surface area contributed by atoms with E-state index < -0.39 is 6.29 Å². The van der Waals surface area contributed by atoms with Gasteiger partial charge in [0, 0.05) is 38.8 Å². The van der Waals surface area contributed by atoms with Crippen LogP contribution >= 0.6 is 22.9 Å². The third-order valence-corrected chi connectivity index (χ3v) is 7.14. The molecule has 0 spiro atoms. The number of anilines is 4. The molecule has 3 heterocycles. The smallest absolute Gasteiger partial charge is 0.267 e. The molecule has 3 aromatic rings. The molecule has 0 atom stereocenters. The number of amides is 1. The number of aliphatic hydroxyl groups excluding tert-OH is 2. The number of β-amino-alcohol motifs (C(OH)–C–C–N with tert-alkyl or cyclic N) is 1. The average Bonchev–Trinajstić information content (AvgIpc) is 3.35. The summed E-state index contributed by atoms with van der Waals surface area (Å²) in [7, 11) is 0. The molecule has 4 rings (SSSR count). The molecule has 2 aromatic heterocycles. The van der Waals surface area contributed by atoms with Crippen LogP contribution in [0.4, 0.5) is 22.5 Å². The summed E-state index contributed by atoms with van der Waals surface area (Å²) in [6.07, 6.45) is 1.75. The van der Waals surface area contributed by atoms with Crippen LogP contribution in [0.25, 0.3) is 0 Å². The molecule has 0 aliphatic carbocycles. The number of benzene rings is 1. The van der Waals surface area contributed by atoms with Gasteiger partial charge in [0.1, 0.15) is 22.3 Å². The van der Waals surface area contributed by atoms with Crippen molar-refractivity contribution >= 4 is 51.3 Å². The summed E-state index contributed by atoms with van der Waals surface area (Å²) < 4.78 is 0. The normalized spacial score (nSPS) is 13.7. The predicted octanol–water partition coefficient (Wildman–Crippen LogP) is 3.41. The maximum atomic E-state index is 12.7. The van der Waals surface area contributed by atoms with Crippen LogP contribution in [0, 0.1) is 13.8 Å². The van der Waals surface area contributed by atoms with Gasteiger partial charge in [-0.05, 0) is 31.9 Å². The van der Waals surface area contributed by atoms with Crippen molar-refractivity contribution in [3.63, 3.8) is 0 Å². The van der Waals surface area contributed by atoms with Gasteiger partial charge in [-0.3, -0.25) is 9.69 Å². The van der Waals surface area contributed by atoms with Crippen molar-refractivity contribution in [2.24, 2.45) is 0 Å². The summed E-state index contributed by atoms with van der Waals surface area (Å²) in [5.74, 6) is 1.85. The summed E-state index contributed by atoms with van der Waals surface area (Å²) in [6.45, 7) is 9.93. The van der Waals surface area contributed by atoms with E-state index in [0.29, 0.717) is 45.3 Å². The number of nitrogens with one attached hydrogen (secondary N) is 2. The quantitative estimate of drug-likeness (QED) is 0.240. The first kappa shape index (κ1) is 30.7. The van der Waals surface area contributed by atoms with Gasteiger partial charge in [0.2, 0.25) is 0 Å². The highest BCUT2D eigenvalue weighted by molar-refractivity contribution is 7.17. The van der Waals surface area contributed by atoms with Crippen LogP contribution in [0.2, 0.25) is 5.02 Å². The molecule has 5 N–H and O–H groups in total. The van der Waals surface area contributed by atoms with Crippen LogP contribution < -0.4 is 15.5 Å². The van der Waals surface area contributed by atoms with Crippen LogP contribution in [-0.2, 0) is 0 Å². The number of hydrogen-bond donors (Lipinski definition) is 5. The van der Waals surface area contributed by atoms with Crippen LogP contribution in [-0.4, -0.2) is 86.7 Å². The van der Waals surface area contributed by atoms with Gasteiger partial charge < -0.3 is 30.9 Å². The number of thiazole rings is 1. The van der Waals surface area contributed by atoms with Crippen molar-refractivity contribution in [2.45, 2.75) is 39.9 Å². The number of hydrogen-bond acceptors (Lipinski definition) is 11. The molecule has 1 aliphatic heterocycles. The van der Waals surface area contributed by atoms with Crippen molar-refractivity contribution in [3.8, 4) is 0 Å². The summed E-state index contributed by atoms with van der Waals surface area (Å²) in [6, 6.07) is 7.37. The van der Waals surface area contributed by atoms with E-state index in [1.54, 1.807) is 6.07 Å². The van der Waals surface area contributed by atoms with E-state index in [2.05, 4.69) is 35.4 Å². The Labute approximate surface area is 237 Å². The third kappa shape index (κ3) is 9.38. The van der Waals surface area contributed by atoms with Crippen molar-refractivity contribution in [3.05, 3.63) is 51.7 Å². The minimum Gasteiger partial charge on any atom is -0.395 e. The zero-order valence-corrected chi connectivity index (χ0v) is 24.0. The van der Waals surface area contributed by atoms with E-state index in [4.69, 9.17) is 26.9 Å². The van der Waals surface area contributed by atoms with E-state index in [9.17, 15) is 4.79 Å². The van der Waals surface area contributed by atoms with Crippen LogP contribution in [0.1, 0.15) is 40.8 Å². The molecule has 0 saturated carbocycles. The topological polar surface area (TPSA) is 147 Å². The largest absolute Gasteiger partial charge is 0.395 e. The number of para-hydroxylation sites is 1. The van der Waals surface area contributed by atoms with Crippen molar-refractivity contribution < 1.29 is 20.1 Å². The SMILES string of the molecule is CCCC(O)O.Cc1nc(Nc2ncc(C(=O)Nc3c(C)cccc3Cl)s2)cc(N2CCN(CCO)CC2)n1. The highest BCUT2D eigenvalue weighted by atomic mass is 35.5. The average molecular weight is 578 g/mol. The Kier molecular flexibility index (Phi) is 11.8. The number of rotatable bonds is 9. The Morgan fingerprint density at radius 1 is 1.18 bits per heavy atom. The fourth-order valence-electron chi connectivity index (χ4n) is 3.89. The van der Waals surface area contributed by atoms with E-state index in [0.717, 1.165) is 44.0 Å². The summed E-state index contributed by atoms with van der Waals surface area (Å²) >= 11 is 7.46. The molecule has 1 amide bonds. The zero-order valence-electron chi connectivity index (χ0n) is 22.4. The van der Waals surface area contributed by atoms with Gasteiger partial charge in [0.05, 0.1) is 23.5 Å². The van der Waals surface area contributed by atoms with Crippen LogP contribution in [0.3, 0.4) is 0 Å². The molecular weight excluding hydrogens is 542 g/mol. The molecule has 212 valence electrons. The number of halogens is 1. The number of aryl methyl sites for hydroxylation is 2. The lowest BCUT2D eigenvalue weighted by Gasteiger charge is -2.35. The molecule has 1 aromatic carbocycles. The molecule has 39 heavy (non-hydrogen) atoms. The summed E-state index contributed by atoms with van der Waals surface area (Å²) in [4.78, 5) is 31.0. The summed E-state index contributed by atoms with van der Waals surface area (Å²) in [5, 5.41) is 32.5. The van der Waals surface area contributed by atoms with E-state index in [-0.39, 0.29) is 12.5 Å². The minimum absolute atomic E-state index is 0.173. The highest BCUT2D eigenvalue weighted by Gasteiger charge is 2.19. The maximum Gasteiger partial charge on any atom is 0.267 e. The zero-order chi connectivity index (χ0) is 28.4. The predicted molar refractivity (Wildman–Crippen MR) is 155 cm³/mol. The van der Waals surface area contributed by atoms with Crippen molar-refractivity contribution in [1.82, 2.24) is 19.9 Å². The lowest BCUT2D eigenvalue weighted by molar-refractivity contribution is -0.0453. The second kappa shape index (κ2) is 15.1. The molecular formula is C26H36ClN7O4S. The molecule has 0 unspecified atom stereocenters. The van der Waals surface area contributed by atoms with E-state index in [1.807, 2.05) is 39.0 Å². The van der Waals surface area contributed by atoms with Gasteiger partial charge in [0.25, 0.3) is 5.91 Å². The first-order valence-corrected chi connectivity index (χ1v) is 14.0. The van der Waals surface area contributed by atoms with Gasteiger partial charge in [-0.2, -0.15) is 0 Å². The Morgan fingerprint density at radius 2 is 1.92 bits per heavy atom. The van der Waals surface area contributed by atoms with Gasteiger partial charge >= 0.3 is 0 Å². The van der Waals surface area contributed by atoms with E-state index >= 15 is 0 Å². The van der Waals surface area contributed by atoms with Gasteiger partial charge in [0.15, 0.2) is 11.4 Å². The molecule has 11 nitrogen and oxygen atoms in total. The minimum atomic E-state index is -1.10. The Bertz CT molecular complexity index is 1200. The van der Waals surface area contributed by atoms with Crippen LogP contribution in [0.5, 0.6) is 0 Å². The fraction of sp³-hybridized carbons (Fsp3) is 0.462. The number of piperazine rings is 1. The number of aromatic nitrogens is 3. The summed E-state index contributed by atoms with van der Waals surface area (Å²) in [5.41, 5.74) is 1.49. The van der Waals surface area contributed by atoms with Crippen LogP contribution in [0.15, 0.2) is 30.5 Å². The maximum absolute atomic E-state index is 12.7. The molecule has 0 radical (unpaired) electrons. The third-order valence-electron chi connectivity index (χ3n) is 5.91. The second-order valence-corrected chi connectivity index (χ2v) is 10.5. The fourth-order valence-corrected chi connectivity index (χ4v) is 4.88. The van der Waals surface area contributed by atoms with Gasteiger partial charge in [-0.15, -0.1) is 0 Å². The van der Waals surface area contributed by atoms with Gasteiger partial charge in [-0.1, -0.05) is 48.4 Å². The highest BCUT2D eigenvalue weighted by Crippen LogP contribution is 2.28. The van der Waals surface area contributed by atoms with Gasteiger partial charge in [-0.25, -0.2) is 15.0 Å². The Balaban J connectivity index is 0.000000631. The standard InChI is InChI=1S/C22H26ClN7O2S.C4H10O2/c1-14-4-3-5-16(23)20(14)28-21(32)17-13-24-22(33-17)27-18-12-19(26-15(2)25-18)30-8-6-29(7-9-30)10-11-31;1-2-3-4(5)6/h3-5,12-13,31H,6-11H2,1-2H3,(H,28,32)(H,24,25,26,27);4-6H,2-3H2,1H3. The number of carbonyl (C=O) groups excluding carboxylic acids is 1. The lowest BCUT2D eigenvalue weighted by atomic mass is 10.2. The number of aliphatic hydroxyl groups is 3. The molecule has 1 saturated heterocycles. The molecule has 1 aliphatic rings. The molecule has 1 fully saturated rings. The number of nitrogens with zero attached hydrogens (tertiary/aromatic N) is 5. The monoisotopic (exact) mass is 577 g/mol. The number of carbonyl (C=O) groups is 1. The molecule has 0 bridgehead atoms. The van der Waals surface area contributed by atoms with E-state index in [1.165, 1.54) is 17.5 Å². The Morgan fingerprint density at radius 3 is 2.54 bits per heavy atom. The lowest BCUT2D eigenvalue weighted by Crippen LogP contribution is -2.47. The van der Waals surface area contributed by atoms with Crippen molar-refractivity contribution in [2.75, 3.05) is 54.9 Å². The first-order chi connectivity index (χ1) is 18.7. The second-order valence-electron chi connectivity index (χ2n) is 9.02. The Hall–Kier alpha value is -2.87. The molecule has 13 heteroatoms.